The van der Waals surface area contributed by atoms with Crippen molar-refractivity contribution in [1.29, 1.82) is 0 Å². The van der Waals surface area contributed by atoms with E-state index in [4.69, 9.17) is 10.2 Å². The average molecular weight is 260 g/mol. The Kier molecular flexibility index (Phi) is 11.1. The number of aliphatic carboxylic acids is 1. The smallest absolute Gasteiger partial charge is 0.308 e. The maximum atomic E-state index is 10.7. The van der Waals surface area contributed by atoms with Crippen LogP contribution in [0.1, 0.15) is 58.3 Å². The zero-order chi connectivity index (χ0) is 13.8. The quantitative estimate of drug-likeness (QED) is 0.471. The first-order valence-corrected chi connectivity index (χ1v) is 7.10. The third kappa shape index (κ3) is 8.48. The number of unbranched alkanes of at least 4 members (excludes halogenated alkanes) is 4. The van der Waals surface area contributed by atoms with E-state index in [9.17, 15) is 9.90 Å². The van der Waals surface area contributed by atoms with Crippen molar-refractivity contribution in [3.05, 3.63) is 0 Å². The second-order valence-corrected chi connectivity index (χ2v) is 5.05. The van der Waals surface area contributed by atoms with Gasteiger partial charge < -0.3 is 15.3 Å². The molecule has 0 amide bonds. The van der Waals surface area contributed by atoms with Crippen LogP contribution in [0.15, 0.2) is 0 Å². The lowest BCUT2D eigenvalue weighted by atomic mass is 9.92. The number of carboxylic acids is 1. The topological polar surface area (TPSA) is 77.8 Å². The van der Waals surface area contributed by atoms with Gasteiger partial charge in [0.05, 0.1) is 12.5 Å². The van der Waals surface area contributed by atoms with E-state index in [1.165, 1.54) is 25.7 Å². The van der Waals surface area contributed by atoms with Crippen molar-refractivity contribution in [2.24, 2.45) is 11.8 Å². The van der Waals surface area contributed by atoms with E-state index in [1.807, 2.05) is 0 Å². The summed E-state index contributed by atoms with van der Waals surface area (Å²) in [6.07, 6.45) is 8.10. The van der Waals surface area contributed by atoms with Gasteiger partial charge in [-0.15, -0.1) is 0 Å². The summed E-state index contributed by atoms with van der Waals surface area (Å²) in [4.78, 5) is 10.7. The summed E-state index contributed by atoms with van der Waals surface area (Å²) in [6.45, 7) is 1.98. The molecule has 108 valence electrons. The number of hydrogen-bond acceptors (Lipinski definition) is 3. The fourth-order valence-electron chi connectivity index (χ4n) is 2.09. The fraction of sp³-hybridized carbons (Fsp3) is 0.929. The molecule has 0 radical (unpaired) electrons. The Labute approximate surface area is 110 Å². The highest BCUT2D eigenvalue weighted by molar-refractivity contribution is 5.69. The van der Waals surface area contributed by atoms with E-state index < -0.39 is 11.9 Å². The van der Waals surface area contributed by atoms with Gasteiger partial charge >= 0.3 is 5.97 Å². The molecule has 0 aliphatic rings. The summed E-state index contributed by atoms with van der Waals surface area (Å²) in [6, 6.07) is 0. The maximum absolute atomic E-state index is 10.7. The lowest BCUT2D eigenvalue weighted by molar-refractivity contribution is -0.143. The van der Waals surface area contributed by atoms with Crippen LogP contribution in [0, 0.1) is 11.8 Å². The molecule has 0 aliphatic heterocycles. The standard InChI is InChI=1S/C14H28O4/c1-2-3-4-5-6-7-12(10-15)8-9-13(11-16)14(17)18/h12-13,15-16H,2-11H2,1H3,(H,17,18). The second kappa shape index (κ2) is 11.5. The molecule has 0 aromatic heterocycles. The van der Waals surface area contributed by atoms with Crippen LogP contribution in [0.2, 0.25) is 0 Å². The minimum Gasteiger partial charge on any atom is -0.481 e. The van der Waals surface area contributed by atoms with Crippen molar-refractivity contribution in [3.63, 3.8) is 0 Å². The van der Waals surface area contributed by atoms with E-state index in [0.29, 0.717) is 12.8 Å². The Morgan fingerprint density at radius 3 is 2.11 bits per heavy atom. The van der Waals surface area contributed by atoms with Gasteiger partial charge in [0.2, 0.25) is 0 Å². The molecule has 4 heteroatoms. The first kappa shape index (κ1) is 17.4. The van der Waals surface area contributed by atoms with Crippen LogP contribution in [0.25, 0.3) is 0 Å². The van der Waals surface area contributed by atoms with Crippen LogP contribution in [0.5, 0.6) is 0 Å². The molecule has 4 nitrogen and oxygen atoms in total. The molecule has 0 aromatic rings. The number of carbonyl (C=O) groups is 1. The SMILES string of the molecule is CCCCCCCC(CO)CCC(CO)C(=O)O. The van der Waals surface area contributed by atoms with E-state index in [0.717, 1.165) is 12.8 Å². The molecular weight excluding hydrogens is 232 g/mol. The number of hydrogen-bond donors (Lipinski definition) is 3. The average Bonchev–Trinajstić information content (AvgIpc) is 2.36. The summed E-state index contributed by atoms with van der Waals surface area (Å²) in [5.74, 6) is -1.45. The van der Waals surface area contributed by atoms with Gasteiger partial charge in [-0.2, -0.15) is 0 Å². The van der Waals surface area contributed by atoms with Gasteiger partial charge in [0.25, 0.3) is 0 Å². The number of aliphatic hydroxyl groups is 2. The molecule has 3 N–H and O–H groups in total. The lowest BCUT2D eigenvalue weighted by Gasteiger charge is -2.16. The zero-order valence-corrected chi connectivity index (χ0v) is 11.5. The summed E-state index contributed by atoms with van der Waals surface area (Å²) >= 11 is 0. The van der Waals surface area contributed by atoms with Crippen molar-refractivity contribution in [1.82, 2.24) is 0 Å². The highest BCUT2D eigenvalue weighted by atomic mass is 16.4. The van der Waals surface area contributed by atoms with E-state index in [-0.39, 0.29) is 19.1 Å². The monoisotopic (exact) mass is 260 g/mol. The van der Waals surface area contributed by atoms with Crippen LogP contribution in [-0.4, -0.2) is 34.5 Å². The lowest BCUT2D eigenvalue weighted by Crippen LogP contribution is -2.19. The van der Waals surface area contributed by atoms with Crippen LogP contribution in [0.3, 0.4) is 0 Å². The number of rotatable bonds is 12. The minimum absolute atomic E-state index is 0.117. The van der Waals surface area contributed by atoms with Crippen LogP contribution >= 0.6 is 0 Å². The van der Waals surface area contributed by atoms with Gasteiger partial charge in [0.15, 0.2) is 0 Å². The molecule has 0 rings (SSSR count). The molecule has 2 atom stereocenters. The molecule has 0 saturated carbocycles. The molecule has 0 aromatic carbocycles. The Morgan fingerprint density at radius 1 is 0.944 bits per heavy atom. The third-order valence-corrected chi connectivity index (χ3v) is 3.47. The Bertz CT molecular complexity index is 206. The summed E-state index contributed by atoms with van der Waals surface area (Å²) in [5.41, 5.74) is 0. The first-order chi connectivity index (χ1) is 8.65. The van der Waals surface area contributed by atoms with Gasteiger partial charge in [0, 0.05) is 6.61 Å². The van der Waals surface area contributed by atoms with Gasteiger partial charge in [-0.3, -0.25) is 4.79 Å². The second-order valence-electron chi connectivity index (χ2n) is 5.05. The van der Waals surface area contributed by atoms with Crippen molar-refractivity contribution in [2.45, 2.75) is 58.3 Å². The number of aliphatic hydroxyl groups excluding tert-OH is 2. The predicted octanol–water partition coefficient (Wildman–Crippen LogP) is 2.43. The highest BCUT2D eigenvalue weighted by Gasteiger charge is 2.18. The molecular formula is C14H28O4. The van der Waals surface area contributed by atoms with Crippen LogP contribution in [-0.2, 0) is 4.79 Å². The van der Waals surface area contributed by atoms with Crippen molar-refractivity contribution >= 4 is 5.97 Å². The maximum Gasteiger partial charge on any atom is 0.308 e. The molecule has 0 spiro atoms. The van der Waals surface area contributed by atoms with Crippen molar-refractivity contribution < 1.29 is 20.1 Å². The minimum atomic E-state index is -0.947. The van der Waals surface area contributed by atoms with E-state index in [2.05, 4.69) is 6.92 Å². The molecule has 0 bridgehead atoms. The predicted molar refractivity (Wildman–Crippen MR) is 71.4 cm³/mol. The largest absolute Gasteiger partial charge is 0.481 e. The Morgan fingerprint density at radius 2 is 1.61 bits per heavy atom. The van der Waals surface area contributed by atoms with Crippen molar-refractivity contribution in [2.75, 3.05) is 13.2 Å². The third-order valence-electron chi connectivity index (χ3n) is 3.47. The summed E-state index contributed by atoms with van der Waals surface area (Å²) < 4.78 is 0. The van der Waals surface area contributed by atoms with Gasteiger partial charge in [0.1, 0.15) is 0 Å². The first-order valence-electron chi connectivity index (χ1n) is 7.10. The highest BCUT2D eigenvalue weighted by Crippen LogP contribution is 2.19. The molecule has 2 unspecified atom stereocenters. The molecule has 0 fully saturated rings. The van der Waals surface area contributed by atoms with Gasteiger partial charge in [-0.1, -0.05) is 39.0 Å². The summed E-state index contributed by atoms with van der Waals surface area (Å²) in [7, 11) is 0. The Hall–Kier alpha value is -0.610. The Balaban J connectivity index is 3.72. The normalized spacial score (nSPS) is 14.4. The summed E-state index contributed by atoms with van der Waals surface area (Å²) in [5, 5.41) is 27.0. The number of carboxylic acid groups (broad SMARTS) is 1. The van der Waals surface area contributed by atoms with Gasteiger partial charge in [-0.05, 0) is 25.2 Å². The molecule has 0 saturated heterocycles. The van der Waals surface area contributed by atoms with E-state index in [1.54, 1.807) is 0 Å². The molecule has 0 heterocycles. The fourth-order valence-corrected chi connectivity index (χ4v) is 2.09. The molecule has 18 heavy (non-hydrogen) atoms. The van der Waals surface area contributed by atoms with Crippen LogP contribution < -0.4 is 0 Å². The van der Waals surface area contributed by atoms with Crippen molar-refractivity contribution in [3.8, 4) is 0 Å². The van der Waals surface area contributed by atoms with E-state index >= 15 is 0 Å². The molecule has 0 aliphatic carbocycles. The van der Waals surface area contributed by atoms with Gasteiger partial charge in [-0.25, -0.2) is 0 Å². The van der Waals surface area contributed by atoms with Crippen LogP contribution in [0.4, 0.5) is 0 Å². The zero-order valence-electron chi connectivity index (χ0n) is 11.5.